The first kappa shape index (κ1) is 34.7. The number of nitrogens with one attached hydrogen (secondary N) is 1. The summed E-state index contributed by atoms with van der Waals surface area (Å²) in [4.78, 5) is 13.7. The van der Waals surface area contributed by atoms with Gasteiger partial charge in [-0.2, -0.15) is 0 Å². The maximum Gasteiger partial charge on any atom is 0.257 e. The minimum atomic E-state index is -1.42. The van der Waals surface area contributed by atoms with Crippen molar-refractivity contribution in [1.29, 1.82) is 0 Å². The predicted molar refractivity (Wildman–Crippen MR) is 171 cm³/mol. The van der Waals surface area contributed by atoms with Gasteiger partial charge in [0.05, 0.1) is 13.2 Å². The van der Waals surface area contributed by atoms with Crippen molar-refractivity contribution in [2.75, 3.05) is 40.1 Å². The second-order valence-electron chi connectivity index (χ2n) is 11.6. The number of likely N-dealkylation sites (N-methyl/N-ethyl adjacent to an activating group) is 1. The average molecular weight is 632 g/mol. The predicted octanol–water partition coefficient (Wildman–Crippen LogP) is 6.58. The van der Waals surface area contributed by atoms with Crippen LogP contribution >= 0.6 is 11.6 Å². The molecule has 0 spiro atoms. The summed E-state index contributed by atoms with van der Waals surface area (Å²) < 4.78 is 38.9. The first-order valence-corrected chi connectivity index (χ1v) is 16.7. The van der Waals surface area contributed by atoms with Crippen LogP contribution in [0.4, 0.5) is 0 Å². The number of carbonyl (C=O) groups is 1. The van der Waals surface area contributed by atoms with Gasteiger partial charge in [0.15, 0.2) is 0 Å². The molecule has 8 nitrogen and oxygen atoms in total. The molecule has 2 heterocycles. The maximum absolute atomic E-state index is 13.7. The van der Waals surface area contributed by atoms with E-state index in [2.05, 4.69) is 26.1 Å². The van der Waals surface area contributed by atoms with Crippen molar-refractivity contribution in [3.63, 3.8) is 0 Å². The SMILES string of the molecule is CCCCO[C@@H]1[C@@H](OCCCC)[C@@]2(c3ccc(Cl)c(Cc4ccc(OCC)cc4)c3)OC[C@](C(=O)NC)(O2)[C@H]1OCCCC. The highest BCUT2D eigenvalue weighted by molar-refractivity contribution is 6.31. The smallest absolute Gasteiger partial charge is 0.257 e. The van der Waals surface area contributed by atoms with Crippen LogP contribution < -0.4 is 10.1 Å². The highest BCUT2D eigenvalue weighted by atomic mass is 35.5. The Morgan fingerprint density at radius 2 is 1.55 bits per heavy atom. The standard InChI is InChI=1S/C35H50ClNO7/c1-6-10-19-40-30-31(41-20-11-7-2)34(33(38)37-5)24-43-35(44-34,32(30)42-21-12-8-3)27-15-18-29(36)26(23-27)22-25-13-16-28(17-14-25)39-9-4/h13-18,23,30-32H,6-12,19-22,24H2,1-5H3,(H,37,38)/t30-,31-,32+,34-,35-/m0/s1. The zero-order valence-electron chi connectivity index (χ0n) is 27.0. The van der Waals surface area contributed by atoms with E-state index in [-0.39, 0.29) is 12.5 Å². The van der Waals surface area contributed by atoms with Gasteiger partial charge in [-0.1, -0.05) is 69.8 Å². The van der Waals surface area contributed by atoms with Gasteiger partial charge in [-0.25, -0.2) is 0 Å². The molecule has 2 fully saturated rings. The minimum absolute atomic E-state index is 0.00158. The summed E-state index contributed by atoms with van der Waals surface area (Å²) in [5.74, 6) is -0.882. The lowest BCUT2D eigenvalue weighted by atomic mass is 9.82. The summed E-state index contributed by atoms with van der Waals surface area (Å²) in [6, 6.07) is 13.8. The lowest BCUT2D eigenvalue weighted by molar-refractivity contribution is -0.339. The molecular weight excluding hydrogens is 582 g/mol. The number of benzene rings is 2. The van der Waals surface area contributed by atoms with E-state index in [1.54, 1.807) is 7.05 Å². The van der Waals surface area contributed by atoms with Gasteiger partial charge in [-0.05, 0) is 68.0 Å². The Hall–Kier alpha value is -2.20. The van der Waals surface area contributed by atoms with Crippen LogP contribution in [-0.4, -0.2) is 69.9 Å². The molecule has 0 saturated carbocycles. The molecule has 5 atom stereocenters. The van der Waals surface area contributed by atoms with Crippen LogP contribution in [0.2, 0.25) is 5.02 Å². The Morgan fingerprint density at radius 3 is 2.16 bits per heavy atom. The van der Waals surface area contributed by atoms with Crippen LogP contribution in [0.25, 0.3) is 0 Å². The number of hydrogen-bond acceptors (Lipinski definition) is 7. The summed E-state index contributed by atoms with van der Waals surface area (Å²) in [6.45, 7) is 10.4. The average Bonchev–Trinajstić information content (AvgIpc) is 3.40. The third kappa shape index (κ3) is 7.43. The van der Waals surface area contributed by atoms with Crippen LogP contribution in [0.1, 0.15) is 82.9 Å². The lowest BCUT2D eigenvalue weighted by Gasteiger charge is -2.50. The van der Waals surface area contributed by atoms with E-state index in [0.29, 0.717) is 37.9 Å². The highest BCUT2D eigenvalue weighted by Crippen LogP contribution is 2.53. The molecule has 2 aromatic rings. The first-order valence-electron chi connectivity index (χ1n) is 16.3. The monoisotopic (exact) mass is 631 g/mol. The van der Waals surface area contributed by atoms with Crippen LogP contribution in [0.5, 0.6) is 5.75 Å². The zero-order chi connectivity index (χ0) is 31.6. The van der Waals surface area contributed by atoms with Crippen molar-refractivity contribution in [3.8, 4) is 5.75 Å². The number of fused-ring (bicyclic) bond motifs is 2. The minimum Gasteiger partial charge on any atom is -0.494 e. The first-order chi connectivity index (χ1) is 21.4. The molecule has 2 aliphatic rings. The van der Waals surface area contributed by atoms with E-state index >= 15 is 0 Å². The van der Waals surface area contributed by atoms with E-state index in [9.17, 15) is 4.79 Å². The van der Waals surface area contributed by atoms with Crippen molar-refractivity contribution in [3.05, 3.63) is 64.2 Å². The number of ether oxygens (including phenoxy) is 6. The Balaban J connectivity index is 1.78. The van der Waals surface area contributed by atoms with E-state index < -0.39 is 29.7 Å². The van der Waals surface area contributed by atoms with Crippen molar-refractivity contribution >= 4 is 17.5 Å². The molecule has 44 heavy (non-hydrogen) atoms. The van der Waals surface area contributed by atoms with E-state index in [0.717, 1.165) is 61.0 Å². The number of amides is 1. The number of hydrogen-bond donors (Lipinski definition) is 1. The number of halogens is 1. The van der Waals surface area contributed by atoms with Gasteiger partial charge in [0, 0.05) is 37.5 Å². The van der Waals surface area contributed by atoms with Gasteiger partial charge in [0.2, 0.25) is 11.4 Å². The van der Waals surface area contributed by atoms with Gasteiger partial charge < -0.3 is 33.7 Å². The lowest BCUT2D eigenvalue weighted by Crippen LogP contribution is -2.70. The summed E-state index contributed by atoms with van der Waals surface area (Å²) in [5, 5.41) is 3.44. The summed E-state index contributed by atoms with van der Waals surface area (Å²) >= 11 is 6.76. The quantitative estimate of drug-likeness (QED) is 0.186. The molecule has 1 N–H and O–H groups in total. The number of unbranched alkanes of at least 4 members (excludes halogenated alkanes) is 3. The summed E-state index contributed by atoms with van der Waals surface area (Å²) in [7, 11) is 1.61. The van der Waals surface area contributed by atoms with Crippen molar-refractivity contribution < 1.29 is 33.2 Å². The number of rotatable bonds is 18. The van der Waals surface area contributed by atoms with Gasteiger partial charge in [0.25, 0.3) is 5.91 Å². The molecule has 4 rings (SSSR count). The molecule has 0 radical (unpaired) electrons. The van der Waals surface area contributed by atoms with Gasteiger partial charge in [0.1, 0.15) is 24.1 Å². The van der Waals surface area contributed by atoms with Crippen LogP contribution in [0.15, 0.2) is 42.5 Å². The molecule has 0 aromatic heterocycles. The van der Waals surface area contributed by atoms with Crippen LogP contribution in [0.3, 0.4) is 0 Å². The Morgan fingerprint density at radius 1 is 0.909 bits per heavy atom. The third-order valence-corrected chi connectivity index (χ3v) is 8.72. The molecule has 2 saturated heterocycles. The van der Waals surface area contributed by atoms with Gasteiger partial charge >= 0.3 is 0 Å². The summed E-state index contributed by atoms with van der Waals surface area (Å²) in [5.41, 5.74) is 1.30. The molecule has 2 bridgehead atoms. The fraction of sp³-hybridized carbons (Fsp3) is 0.629. The zero-order valence-corrected chi connectivity index (χ0v) is 27.8. The Bertz CT molecular complexity index is 1190. The van der Waals surface area contributed by atoms with Crippen molar-refractivity contribution in [2.24, 2.45) is 0 Å². The second-order valence-corrected chi connectivity index (χ2v) is 12.0. The van der Waals surface area contributed by atoms with Crippen LogP contribution in [0, 0.1) is 0 Å². The topological polar surface area (TPSA) is 84.5 Å². The molecule has 2 aromatic carbocycles. The van der Waals surface area contributed by atoms with Gasteiger partial charge in [-0.15, -0.1) is 0 Å². The maximum atomic E-state index is 13.7. The van der Waals surface area contributed by atoms with Crippen LogP contribution in [-0.2, 0) is 40.7 Å². The largest absolute Gasteiger partial charge is 0.494 e. The molecule has 9 heteroatoms. The molecule has 2 aliphatic heterocycles. The highest BCUT2D eigenvalue weighted by Gasteiger charge is 2.72. The molecular formula is C35H50ClNO7. The number of carbonyl (C=O) groups excluding carboxylic acids is 1. The Labute approximate surface area is 268 Å². The van der Waals surface area contributed by atoms with Crippen molar-refractivity contribution in [2.45, 2.75) is 102 Å². The normalized spacial score (nSPS) is 26.1. The third-order valence-electron chi connectivity index (χ3n) is 8.35. The fourth-order valence-electron chi connectivity index (χ4n) is 5.92. The van der Waals surface area contributed by atoms with Gasteiger partial charge in [-0.3, -0.25) is 4.79 Å². The summed E-state index contributed by atoms with van der Waals surface area (Å²) in [6.07, 6.45) is 4.07. The van der Waals surface area contributed by atoms with E-state index in [1.165, 1.54) is 0 Å². The fourth-order valence-corrected chi connectivity index (χ4v) is 6.11. The molecule has 1 amide bonds. The second kappa shape index (κ2) is 16.4. The van der Waals surface area contributed by atoms with E-state index in [1.807, 2.05) is 49.4 Å². The molecule has 0 unspecified atom stereocenters. The Kier molecular flexibility index (Phi) is 12.9. The van der Waals surface area contributed by atoms with E-state index in [4.69, 9.17) is 40.0 Å². The molecule has 244 valence electrons. The molecule has 0 aliphatic carbocycles. The van der Waals surface area contributed by atoms with Crippen molar-refractivity contribution in [1.82, 2.24) is 5.32 Å².